The summed E-state index contributed by atoms with van der Waals surface area (Å²) < 4.78 is 4.51. The molecule has 0 amide bonds. The van der Waals surface area contributed by atoms with E-state index in [1.807, 2.05) is 19.9 Å². The van der Waals surface area contributed by atoms with E-state index in [0.717, 1.165) is 0 Å². The van der Waals surface area contributed by atoms with Gasteiger partial charge in [0.1, 0.15) is 0 Å². The lowest BCUT2D eigenvalue weighted by Crippen LogP contribution is -2.02. The van der Waals surface area contributed by atoms with Crippen LogP contribution in [-0.4, -0.2) is 13.1 Å². The van der Waals surface area contributed by atoms with E-state index in [9.17, 15) is 4.79 Å². The van der Waals surface area contributed by atoms with E-state index in [2.05, 4.69) is 4.74 Å². The number of methoxy groups -OCH3 is 1. The van der Waals surface area contributed by atoms with Crippen molar-refractivity contribution in [1.29, 1.82) is 0 Å². The van der Waals surface area contributed by atoms with Crippen molar-refractivity contribution in [3.8, 4) is 0 Å². The summed E-state index contributed by atoms with van der Waals surface area (Å²) in [6.45, 7) is 5.80. The maximum atomic E-state index is 10.8. The topological polar surface area (TPSA) is 26.3 Å². The van der Waals surface area contributed by atoms with E-state index < -0.39 is 0 Å². The predicted molar refractivity (Wildman–Crippen MR) is 40.6 cm³/mol. The van der Waals surface area contributed by atoms with Gasteiger partial charge in [-0.2, -0.15) is 0 Å². The summed E-state index contributed by atoms with van der Waals surface area (Å²) in [5.74, 6) is 0.160. The molecule has 10 heavy (non-hydrogen) atoms. The van der Waals surface area contributed by atoms with Crippen molar-refractivity contribution in [1.82, 2.24) is 0 Å². The van der Waals surface area contributed by atoms with E-state index in [-0.39, 0.29) is 5.97 Å². The summed E-state index contributed by atoms with van der Waals surface area (Å²) >= 11 is 0. The minimum atomic E-state index is -0.242. The number of carbonyl (C=O) groups excluding carboxylic acids is 1. The maximum Gasteiger partial charge on any atom is 0.333 e. The van der Waals surface area contributed by atoms with E-state index in [4.69, 9.17) is 0 Å². The smallest absolute Gasteiger partial charge is 0.333 e. The van der Waals surface area contributed by atoms with Gasteiger partial charge in [0.2, 0.25) is 0 Å². The summed E-state index contributed by atoms with van der Waals surface area (Å²) in [7, 11) is 1.39. The summed E-state index contributed by atoms with van der Waals surface area (Å²) in [6.07, 6.45) is 1.88. The van der Waals surface area contributed by atoms with E-state index >= 15 is 0 Å². The van der Waals surface area contributed by atoms with E-state index in [0.29, 0.717) is 11.5 Å². The number of rotatable bonds is 2. The first-order chi connectivity index (χ1) is 4.57. The Morgan fingerprint density at radius 3 is 2.30 bits per heavy atom. The van der Waals surface area contributed by atoms with Gasteiger partial charge in [-0.05, 0) is 12.8 Å². The van der Waals surface area contributed by atoms with E-state index in [1.54, 1.807) is 6.92 Å². The summed E-state index contributed by atoms with van der Waals surface area (Å²) in [6, 6.07) is 0. The quantitative estimate of drug-likeness (QED) is 0.434. The van der Waals surface area contributed by atoms with Crippen LogP contribution in [0.1, 0.15) is 20.8 Å². The molecule has 0 aliphatic rings. The van der Waals surface area contributed by atoms with Crippen LogP contribution in [-0.2, 0) is 9.53 Å². The van der Waals surface area contributed by atoms with Crippen molar-refractivity contribution in [3.05, 3.63) is 11.6 Å². The van der Waals surface area contributed by atoms with Gasteiger partial charge >= 0.3 is 5.97 Å². The zero-order chi connectivity index (χ0) is 8.15. The third-order valence-corrected chi connectivity index (χ3v) is 1.09. The van der Waals surface area contributed by atoms with Gasteiger partial charge in [0.15, 0.2) is 0 Å². The monoisotopic (exact) mass is 142 g/mol. The zero-order valence-corrected chi connectivity index (χ0v) is 6.97. The Labute approximate surface area is 61.9 Å². The third kappa shape index (κ3) is 3.28. The number of ether oxygens (including phenoxy) is 1. The van der Waals surface area contributed by atoms with Crippen molar-refractivity contribution in [3.63, 3.8) is 0 Å². The van der Waals surface area contributed by atoms with Gasteiger partial charge in [-0.25, -0.2) is 4.79 Å². The molecule has 0 aromatic rings. The Bertz CT molecular complexity index is 145. The number of esters is 1. The molecule has 58 valence electrons. The molecule has 0 bridgehead atoms. The van der Waals surface area contributed by atoms with Gasteiger partial charge in [-0.3, -0.25) is 0 Å². The van der Waals surface area contributed by atoms with Gasteiger partial charge in [-0.15, -0.1) is 0 Å². The molecule has 0 N–H and O–H groups in total. The second-order valence-electron chi connectivity index (χ2n) is 2.59. The van der Waals surface area contributed by atoms with Crippen molar-refractivity contribution < 1.29 is 9.53 Å². The summed E-state index contributed by atoms with van der Waals surface area (Å²) in [4.78, 5) is 10.8. The van der Waals surface area contributed by atoms with Crippen LogP contribution < -0.4 is 0 Å². The Morgan fingerprint density at radius 2 is 2.00 bits per heavy atom. The normalized spacial score (nSPS) is 11.9. The highest BCUT2D eigenvalue weighted by Crippen LogP contribution is 2.02. The lowest BCUT2D eigenvalue weighted by molar-refractivity contribution is -0.136. The van der Waals surface area contributed by atoms with Gasteiger partial charge in [0.25, 0.3) is 0 Å². The highest BCUT2D eigenvalue weighted by Gasteiger charge is 2.02. The van der Waals surface area contributed by atoms with Crippen LogP contribution in [0.2, 0.25) is 0 Å². The van der Waals surface area contributed by atoms with E-state index in [1.165, 1.54) is 7.11 Å². The van der Waals surface area contributed by atoms with Crippen LogP contribution >= 0.6 is 0 Å². The van der Waals surface area contributed by atoms with Crippen LogP contribution in [0.15, 0.2) is 11.6 Å². The molecule has 0 aromatic heterocycles. The first-order valence-corrected chi connectivity index (χ1v) is 3.34. The minimum Gasteiger partial charge on any atom is -0.466 e. The average molecular weight is 142 g/mol. The average Bonchev–Trinajstić information content (AvgIpc) is 1.85. The highest BCUT2D eigenvalue weighted by atomic mass is 16.5. The Kier molecular flexibility index (Phi) is 3.77. The Morgan fingerprint density at radius 1 is 1.50 bits per heavy atom. The molecule has 0 saturated carbocycles. The SMILES string of the molecule is COC(=O)C(C)=CC(C)C. The second-order valence-corrected chi connectivity index (χ2v) is 2.59. The molecule has 0 fully saturated rings. The molecule has 0 aliphatic heterocycles. The molecule has 0 aromatic carbocycles. The lowest BCUT2D eigenvalue weighted by atomic mass is 10.1. The zero-order valence-electron chi connectivity index (χ0n) is 6.97. The molecule has 0 heterocycles. The minimum absolute atomic E-state index is 0.242. The maximum absolute atomic E-state index is 10.8. The fraction of sp³-hybridized carbons (Fsp3) is 0.625. The molecular formula is C8H14O2. The second kappa shape index (κ2) is 4.09. The molecule has 0 aliphatic carbocycles. The summed E-state index contributed by atoms with van der Waals surface area (Å²) in [5.41, 5.74) is 0.678. The van der Waals surface area contributed by atoms with Crippen LogP contribution in [0.5, 0.6) is 0 Å². The molecule has 0 radical (unpaired) electrons. The first kappa shape index (κ1) is 9.21. The Hall–Kier alpha value is -0.790. The largest absolute Gasteiger partial charge is 0.466 e. The highest BCUT2D eigenvalue weighted by molar-refractivity contribution is 5.87. The van der Waals surface area contributed by atoms with Crippen LogP contribution in [0, 0.1) is 5.92 Å². The molecule has 0 spiro atoms. The lowest BCUT2D eigenvalue weighted by Gasteiger charge is -1.99. The van der Waals surface area contributed by atoms with Crippen molar-refractivity contribution in [2.45, 2.75) is 20.8 Å². The van der Waals surface area contributed by atoms with Gasteiger partial charge in [0.05, 0.1) is 7.11 Å². The van der Waals surface area contributed by atoms with Crippen LogP contribution in [0.3, 0.4) is 0 Å². The first-order valence-electron chi connectivity index (χ1n) is 3.34. The fourth-order valence-electron chi connectivity index (χ4n) is 0.729. The molecule has 2 nitrogen and oxygen atoms in total. The molecule has 0 unspecified atom stereocenters. The van der Waals surface area contributed by atoms with Gasteiger partial charge in [0, 0.05) is 5.57 Å². The number of hydrogen-bond acceptors (Lipinski definition) is 2. The number of allylic oxidation sites excluding steroid dienone is 1. The third-order valence-electron chi connectivity index (χ3n) is 1.09. The standard InChI is InChI=1S/C8H14O2/c1-6(2)5-7(3)8(9)10-4/h5-6H,1-4H3. The van der Waals surface area contributed by atoms with Crippen molar-refractivity contribution in [2.75, 3.05) is 7.11 Å². The number of hydrogen-bond donors (Lipinski definition) is 0. The predicted octanol–water partition coefficient (Wildman–Crippen LogP) is 1.76. The van der Waals surface area contributed by atoms with Gasteiger partial charge < -0.3 is 4.74 Å². The Balaban J connectivity index is 4.05. The fourth-order valence-corrected chi connectivity index (χ4v) is 0.729. The summed E-state index contributed by atoms with van der Waals surface area (Å²) in [5, 5.41) is 0. The molecular weight excluding hydrogens is 128 g/mol. The van der Waals surface area contributed by atoms with Crippen molar-refractivity contribution >= 4 is 5.97 Å². The van der Waals surface area contributed by atoms with Crippen molar-refractivity contribution in [2.24, 2.45) is 5.92 Å². The molecule has 0 rings (SSSR count). The van der Waals surface area contributed by atoms with Crippen LogP contribution in [0.4, 0.5) is 0 Å². The van der Waals surface area contributed by atoms with Gasteiger partial charge in [-0.1, -0.05) is 19.9 Å². The molecule has 0 saturated heterocycles. The number of carbonyl (C=O) groups is 1. The molecule has 0 atom stereocenters. The molecule has 2 heteroatoms. The van der Waals surface area contributed by atoms with Crippen LogP contribution in [0.25, 0.3) is 0 Å².